The molecule has 31 heteroatoms. The van der Waals surface area contributed by atoms with Crippen molar-refractivity contribution in [3.05, 3.63) is 117 Å². The molecular weight excluding hydrogens is 1220 g/mol. The summed E-state index contributed by atoms with van der Waals surface area (Å²) in [5, 5.41) is 20.0. The third kappa shape index (κ3) is 25.4. The number of nitrogens with two attached hydrogens (primary N) is 9. The highest BCUT2D eigenvalue weighted by atomic mass is 16.5. The maximum Gasteiger partial charge on any atom is 0.305 e. The first-order chi connectivity index (χ1) is 44.8. The van der Waals surface area contributed by atoms with Crippen molar-refractivity contribution in [2.45, 2.75) is 108 Å². The predicted octanol–water partition coefficient (Wildman–Crippen LogP) is -0.691. The Hall–Kier alpha value is -10.9. The molecule has 4 atom stereocenters. The number of hydrogen-bond acceptors (Lipinski definition) is 18. The molecule has 0 bridgehead atoms. The van der Waals surface area contributed by atoms with E-state index >= 15 is 0 Å². The summed E-state index contributed by atoms with van der Waals surface area (Å²) in [7, 11) is 5.37. The Kier molecular flexibility index (Phi) is 31.2. The van der Waals surface area contributed by atoms with Crippen molar-refractivity contribution < 1.29 is 67.2 Å². The van der Waals surface area contributed by atoms with Crippen LogP contribution in [0.15, 0.2) is 92.8 Å². The molecule has 4 aromatic rings. The standard InChI is InChI=1S/C63H87N17O14/c1-91-51-17-14-36(27-39(51)56(87)73-26-21-55(85)86)32-48(82)44(10-6-23-75-61(67)68)79-58(89)41-29-38(16-19-53(41)93-3)34-50(84)46(12-8-25-77-63(71)72)80-59(90)42-30-37(15-20-54(42)94-4)33-49(83)45(11-7-24-76-62(69)70)78-57(88)40-28-35(13-18-52(40)92-2)31-47(81)43(64)9-5-22-74-60(65)66/h13-20,27-30,43-46H,5-12,21-26,31-34,64H2,1-4H3,(H,73,87)(H,78,88)(H,79,89)(H,80,90)(H,85,86)(H4,65,66,74)(H4,67,68,75)(H4,69,70,76)(H4,71,72,77)/t43-,44-,45-,46-/m1/s1. The van der Waals surface area contributed by atoms with E-state index in [1.165, 1.54) is 77.0 Å². The van der Waals surface area contributed by atoms with Crippen molar-refractivity contribution in [2.24, 2.45) is 71.6 Å². The second-order valence-electron chi connectivity index (χ2n) is 21.6. The van der Waals surface area contributed by atoms with E-state index in [4.69, 9.17) is 75.7 Å². The Morgan fingerprint density at radius 1 is 0.404 bits per heavy atom. The molecule has 0 aliphatic heterocycles. The van der Waals surface area contributed by atoms with Crippen LogP contribution in [0.1, 0.15) is 121 Å². The average molecular weight is 1310 g/mol. The minimum atomic E-state index is -1.20. The number of carbonyl (C=O) groups is 9. The van der Waals surface area contributed by atoms with Crippen LogP contribution in [0.4, 0.5) is 0 Å². The van der Waals surface area contributed by atoms with Gasteiger partial charge in [0.05, 0.1) is 81.3 Å². The monoisotopic (exact) mass is 1310 g/mol. The normalized spacial score (nSPS) is 12.0. The number of nitrogens with one attached hydrogen (secondary N) is 4. The maximum absolute atomic E-state index is 14.5. The van der Waals surface area contributed by atoms with Gasteiger partial charge in [0.15, 0.2) is 47.0 Å². The number of methoxy groups -OCH3 is 4. The highest BCUT2D eigenvalue weighted by molar-refractivity contribution is 6.04. The number of guanidine groups is 4. The van der Waals surface area contributed by atoms with Gasteiger partial charge in [0.1, 0.15) is 23.0 Å². The molecule has 0 unspecified atom stereocenters. The number of rotatable bonds is 42. The van der Waals surface area contributed by atoms with Crippen molar-refractivity contribution in [3.63, 3.8) is 0 Å². The molecule has 31 nitrogen and oxygen atoms in total. The fourth-order valence-corrected chi connectivity index (χ4v) is 9.69. The van der Waals surface area contributed by atoms with E-state index in [-0.39, 0.29) is 172 Å². The molecule has 4 amide bonds. The van der Waals surface area contributed by atoms with Gasteiger partial charge >= 0.3 is 5.97 Å². The van der Waals surface area contributed by atoms with E-state index in [2.05, 4.69) is 41.2 Å². The second-order valence-corrected chi connectivity index (χ2v) is 21.6. The highest BCUT2D eigenvalue weighted by Gasteiger charge is 2.29. The van der Waals surface area contributed by atoms with E-state index in [0.717, 1.165) is 0 Å². The van der Waals surface area contributed by atoms with Gasteiger partial charge in [-0.1, -0.05) is 24.3 Å². The lowest BCUT2D eigenvalue weighted by atomic mass is 9.96. The quantitative estimate of drug-likeness (QED) is 0.0148. The van der Waals surface area contributed by atoms with Crippen LogP contribution in [-0.4, -0.2) is 167 Å². The van der Waals surface area contributed by atoms with Crippen LogP contribution in [0.25, 0.3) is 0 Å². The van der Waals surface area contributed by atoms with Crippen LogP contribution < -0.4 is 91.8 Å². The zero-order chi connectivity index (χ0) is 69.4. The average Bonchev–Trinajstić information content (AvgIpc) is 0.925. The Labute approximate surface area is 543 Å². The van der Waals surface area contributed by atoms with E-state index in [9.17, 15) is 43.2 Å². The number of carboxylic acids is 1. The van der Waals surface area contributed by atoms with E-state index in [0.29, 0.717) is 41.6 Å². The summed E-state index contributed by atoms with van der Waals surface area (Å²) >= 11 is 0. The molecule has 4 aromatic carbocycles. The summed E-state index contributed by atoms with van der Waals surface area (Å²) in [6.07, 6.45) is 0.304. The van der Waals surface area contributed by atoms with Gasteiger partial charge in [-0.15, -0.1) is 0 Å². The molecule has 0 fully saturated rings. The molecular formula is C63H87N17O14. The first-order valence-electron chi connectivity index (χ1n) is 30.0. The van der Waals surface area contributed by atoms with Gasteiger partial charge in [-0.25, -0.2) is 0 Å². The Balaban J connectivity index is 1.61. The number of aliphatic imine (C=N–C) groups is 4. The van der Waals surface area contributed by atoms with Crippen molar-refractivity contribution >= 4 is 76.6 Å². The molecule has 0 spiro atoms. The number of Topliss-reactive ketones (excluding diaryl/α,β-unsaturated/α-hetero) is 4. The number of aliphatic carboxylic acids is 1. The molecule has 0 radical (unpaired) electrons. The second kappa shape index (κ2) is 38.8. The van der Waals surface area contributed by atoms with E-state index in [1.807, 2.05) is 0 Å². The lowest BCUT2D eigenvalue weighted by Gasteiger charge is -2.21. The number of amides is 4. The molecule has 0 saturated heterocycles. The topological polar surface area (TPSA) is 543 Å². The third-order valence-electron chi connectivity index (χ3n) is 14.5. The van der Waals surface area contributed by atoms with Crippen LogP contribution in [-0.2, 0) is 49.7 Å². The molecule has 508 valence electrons. The first kappa shape index (κ1) is 75.6. The van der Waals surface area contributed by atoms with Gasteiger partial charge in [-0.2, -0.15) is 0 Å². The number of nitrogens with zero attached hydrogens (tertiary/aromatic N) is 4. The van der Waals surface area contributed by atoms with Crippen molar-refractivity contribution in [1.29, 1.82) is 0 Å². The zero-order valence-electron chi connectivity index (χ0n) is 53.2. The number of benzene rings is 4. The summed E-state index contributed by atoms with van der Waals surface area (Å²) in [5.74, 6) is -5.81. The third-order valence-corrected chi connectivity index (χ3v) is 14.5. The number of ketones is 4. The summed E-state index contributed by atoms with van der Waals surface area (Å²) in [6.45, 7) is 0.456. The molecule has 0 heterocycles. The van der Waals surface area contributed by atoms with Crippen molar-refractivity contribution in [2.75, 3.05) is 61.2 Å². The number of hydrogen-bond donors (Lipinski definition) is 14. The molecule has 0 aliphatic rings. The minimum Gasteiger partial charge on any atom is -0.496 e. The van der Waals surface area contributed by atoms with E-state index < -0.39 is 71.1 Å². The fraction of sp³-hybridized carbons (Fsp3) is 0.413. The molecule has 4 rings (SSSR count). The lowest BCUT2D eigenvalue weighted by Crippen LogP contribution is -2.42. The van der Waals surface area contributed by atoms with Crippen LogP contribution >= 0.6 is 0 Å². The highest BCUT2D eigenvalue weighted by Crippen LogP contribution is 2.27. The predicted molar refractivity (Wildman–Crippen MR) is 353 cm³/mol. The van der Waals surface area contributed by atoms with Crippen LogP contribution in [0.3, 0.4) is 0 Å². The summed E-state index contributed by atoms with van der Waals surface area (Å²) < 4.78 is 22.0. The molecule has 94 heavy (non-hydrogen) atoms. The molecule has 23 N–H and O–H groups in total. The van der Waals surface area contributed by atoms with Gasteiger partial charge < -0.3 is 96.9 Å². The molecule has 0 aliphatic carbocycles. The Morgan fingerprint density at radius 2 is 0.670 bits per heavy atom. The number of carboxylic acid groups (broad SMARTS) is 1. The van der Waals surface area contributed by atoms with Crippen molar-refractivity contribution in [3.8, 4) is 23.0 Å². The van der Waals surface area contributed by atoms with Crippen molar-refractivity contribution in [1.82, 2.24) is 21.3 Å². The number of carbonyl (C=O) groups excluding carboxylic acids is 8. The lowest BCUT2D eigenvalue weighted by molar-refractivity contribution is -0.137. The number of ether oxygens (including phenoxy) is 4. The Morgan fingerprint density at radius 3 is 0.936 bits per heavy atom. The van der Waals surface area contributed by atoms with E-state index in [1.54, 1.807) is 24.3 Å². The fourth-order valence-electron chi connectivity index (χ4n) is 9.69. The molecule has 0 aromatic heterocycles. The summed E-state index contributed by atoms with van der Waals surface area (Å²) in [5.41, 5.74) is 51.8. The smallest absolute Gasteiger partial charge is 0.305 e. The van der Waals surface area contributed by atoms with Crippen LogP contribution in [0.2, 0.25) is 0 Å². The van der Waals surface area contributed by atoms with Crippen LogP contribution in [0.5, 0.6) is 23.0 Å². The van der Waals surface area contributed by atoms with Gasteiger partial charge in [-0.3, -0.25) is 63.1 Å². The van der Waals surface area contributed by atoms with Gasteiger partial charge in [-0.05, 0) is 122 Å². The maximum atomic E-state index is 14.5. The van der Waals surface area contributed by atoms with Gasteiger partial charge in [0, 0.05) is 58.4 Å². The Bertz CT molecular complexity index is 3450. The molecule has 0 saturated carbocycles. The van der Waals surface area contributed by atoms with Gasteiger partial charge in [0.2, 0.25) is 0 Å². The summed E-state index contributed by atoms with van der Waals surface area (Å²) in [4.78, 5) is 139. The largest absolute Gasteiger partial charge is 0.496 e. The van der Waals surface area contributed by atoms with Crippen LogP contribution in [0, 0.1) is 0 Å². The van der Waals surface area contributed by atoms with Gasteiger partial charge in [0.25, 0.3) is 23.6 Å². The SMILES string of the molecule is COc1ccc(CC(=O)[C@@H](CCCN=C(N)N)NC(=O)c2cc(CC(=O)[C@@H](CCCN=C(N)N)NC(=O)c3cc(CC(=O)[C@@H](CCCN=C(N)N)NC(=O)c4cc(CC(=O)[C@H](N)CCCN=C(N)N)ccc4OC)ccc3OC)ccc2OC)cc1C(=O)NCCC(=O)O. The zero-order valence-corrected chi connectivity index (χ0v) is 53.2. The summed E-state index contributed by atoms with van der Waals surface area (Å²) in [6, 6.07) is 13.7. The first-order valence-corrected chi connectivity index (χ1v) is 30.0. The minimum absolute atomic E-state index is 0.0284.